The van der Waals surface area contributed by atoms with E-state index < -0.39 is 0 Å². The highest BCUT2D eigenvalue weighted by Crippen LogP contribution is 2.26. The number of carbonyl (C=O) groups excluding carboxylic acids is 1. The minimum Gasteiger partial charge on any atom is -0.377 e. The lowest BCUT2D eigenvalue weighted by Gasteiger charge is -2.27. The van der Waals surface area contributed by atoms with Crippen LogP contribution in [0, 0.1) is 0 Å². The van der Waals surface area contributed by atoms with Gasteiger partial charge in [0.2, 0.25) is 5.91 Å². The zero-order valence-corrected chi connectivity index (χ0v) is 12.5. The largest absolute Gasteiger partial charge is 0.377 e. The van der Waals surface area contributed by atoms with Gasteiger partial charge in [0.1, 0.15) is 6.17 Å². The summed E-state index contributed by atoms with van der Waals surface area (Å²) in [4.78, 5) is 14.4. The molecular formula is C16H24N2O2. The Balaban J connectivity index is 2.17. The Hall–Kier alpha value is -1.39. The average Bonchev–Trinajstić information content (AvgIpc) is 2.77. The predicted octanol–water partition coefficient (Wildman–Crippen LogP) is 2.32. The van der Waals surface area contributed by atoms with E-state index in [0.29, 0.717) is 13.2 Å². The molecular weight excluding hydrogens is 252 g/mol. The van der Waals surface area contributed by atoms with Crippen molar-refractivity contribution in [2.45, 2.75) is 45.5 Å². The molecule has 0 aliphatic carbocycles. The molecule has 3 unspecified atom stereocenters. The van der Waals surface area contributed by atoms with E-state index in [0.717, 1.165) is 12.0 Å². The van der Waals surface area contributed by atoms with Crippen LogP contribution in [-0.4, -0.2) is 36.1 Å². The van der Waals surface area contributed by atoms with Crippen LogP contribution in [0.5, 0.6) is 0 Å². The van der Waals surface area contributed by atoms with Crippen LogP contribution >= 0.6 is 0 Å². The molecule has 1 heterocycles. The van der Waals surface area contributed by atoms with E-state index in [4.69, 9.17) is 4.74 Å². The van der Waals surface area contributed by atoms with Crippen molar-refractivity contribution in [2.75, 3.05) is 13.2 Å². The number of nitrogens with one attached hydrogen (secondary N) is 1. The Kier molecular flexibility index (Phi) is 5.15. The van der Waals surface area contributed by atoms with Gasteiger partial charge in [-0.15, -0.1) is 0 Å². The molecule has 1 aromatic rings. The first-order chi connectivity index (χ1) is 9.67. The van der Waals surface area contributed by atoms with Crippen molar-refractivity contribution in [3.63, 3.8) is 0 Å². The molecule has 1 saturated heterocycles. The van der Waals surface area contributed by atoms with Crippen LogP contribution in [0.15, 0.2) is 30.3 Å². The van der Waals surface area contributed by atoms with Crippen molar-refractivity contribution in [3.8, 4) is 0 Å². The number of rotatable bonds is 6. The maximum Gasteiger partial charge on any atom is 0.241 e. The topological polar surface area (TPSA) is 41.6 Å². The number of hydrogen-bond donors (Lipinski definition) is 1. The highest BCUT2D eigenvalue weighted by atomic mass is 16.5. The summed E-state index contributed by atoms with van der Waals surface area (Å²) in [5.74, 6) is 0.174. The highest BCUT2D eigenvalue weighted by molar-refractivity contribution is 5.84. The van der Waals surface area contributed by atoms with Gasteiger partial charge in [-0.1, -0.05) is 37.3 Å². The lowest BCUT2D eigenvalue weighted by Crippen LogP contribution is -2.37. The van der Waals surface area contributed by atoms with Crippen LogP contribution in [0.1, 0.15) is 38.9 Å². The summed E-state index contributed by atoms with van der Waals surface area (Å²) >= 11 is 0. The number of benzene rings is 1. The standard InChI is InChI=1S/C16H24N2O2/c1-4-14-16(19)18(11-12(3)20-5-2)15(17-14)13-9-7-6-8-10-13/h6-10,12,14-15,17H,4-5,11H2,1-3H3. The molecule has 0 radical (unpaired) electrons. The van der Waals surface area contributed by atoms with Crippen molar-refractivity contribution in [2.24, 2.45) is 0 Å². The Morgan fingerprint density at radius 1 is 1.30 bits per heavy atom. The number of hydrogen-bond acceptors (Lipinski definition) is 3. The Morgan fingerprint density at radius 2 is 2.00 bits per heavy atom. The fourth-order valence-corrected chi connectivity index (χ4v) is 2.69. The molecule has 1 aromatic carbocycles. The van der Waals surface area contributed by atoms with Crippen molar-refractivity contribution < 1.29 is 9.53 Å². The zero-order chi connectivity index (χ0) is 14.5. The van der Waals surface area contributed by atoms with Gasteiger partial charge in [-0.2, -0.15) is 0 Å². The molecule has 2 rings (SSSR count). The second-order valence-corrected chi connectivity index (χ2v) is 5.20. The van der Waals surface area contributed by atoms with Gasteiger partial charge in [0.25, 0.3) is 0 Å². The van der Waals surface area contributed by atoms with Gasteiger partial charge in [0.05, 0.1) is 12.1 Å². The molecule has 110 valence electrons. The summed E-state index contributed by atoms with van der Waals surface area (Å²) < 4.78 is 5.58. The van der Waals surface area contributed by atoms with Crippen LogP contribution in [-0.2, 0) is 9.53 Å². The van der Waals surface area contributed by atoms with Gasteiger partial charge < -0.3 is 9.64 Å². The van der Waals surface area contributed by atoms with Crippen molar-refractivity contribution in [3.05, 3.63) is 35.9 Å². The number of nitrogens with zero attached hydrogens (tertiary/aromatic N) is 1. The summed E-state index contributed by atoms with van der Waals surface area (Å²) in [6.07, 6.45) is 0.811. The van der Waals surface area contributed by atoms with Crippen molar-refractivity contribution in [1.29, 1.82) is 0 Å². The van der Waals surface area contributed by atoms with E-state index in [2.05, 4.69) is 17.4 Å². The average molecular weight is 276 g/mol. The van der Waals surface area contributed by atoms with Crippen LogP contribution < -0.4 is 5.32 Å². The second-order valence-electron chi connectivity index (χ2n) is 5.20. The maximum atomic E-state index is 12.5. The van der Waals surface area contributed by atoms with Gasteiger partial charge in [0, 0.05) is 13.2 Å². The monoisotopic (exact) mass is 276 g/mol. The van der Waals surface area contributed by atoms with Crippen LogP contribution in [0.25, 0.3) is 0 Å². The zero-order valence-electron chi connectivity index (χ0n) is 12.5. The van der Waals surface area contributed by atoms with E-state index in [9.17, 15) is 4.79 Å². The first-order valence-electron chi connectivity index (χ1n) is 7.40. The van der Waals surface area contributed by atoms with Crippen LogP contribution in [0.4, 0.5) is 0 Å². The van der Waals surface area contributed by atoms with Gasteiger partial charge in [0.15, 0.2) is 0 Å². The third-order valence-electron chi connectivity index (χ3n) is 3.68. The SMILES string of the molecule is CCOC(C)CN1C(=O)C(CC)NC1c1ccccc1. The lowest BCUT2D eigenvalue weighted by molar-refractivity contribution is -0.132. The lowest BCUT2D eigenvalue weighted by atomic mass is 10.1. The maximum absolute atomic E-state index is 12.5. The summed E-state index contributed by atoms with van der Waals surface area (Å²) in [6.45, 7) is 7.31. The molecule has 0 aromatic heterocycles. The molecule has 0 saturated carbocycles. The molecule has 4 heteroatoms. The molecule has 1 aliphatic heterocycles. The molecule has 1 N–H and O–H groups in total. The first kappa shape index (κ1) is 15.0. The van der Waals surface area contributed by atoms with Gasteiger partial charge >= 0.3 is 0 Å². The first-order valence-corrected chi connectivity index (χ1v) is 7.40. The van der Waals surface area contributed by atoms with Crippen molar-refractivity contribution in [1.82, 2.24) is 10.2 Å². The normalized spacial score (nSPS) is 24.1. The third kappa shape index (κ3) is 3.19. The van der Waals surface area contributed by atoms with Gasteiger partial charge in [-0.3, -0.25) is 10.1 Å². The molecule has 1 aliphatic rings. The summed E-state index contributed by atoms with van der Waals surface area (Å²) in [5.41, 5.74) is 1.13. The summed E-state index contributed by atoms with van der Waals surface area (Å²) in [6, 6.07) is 10.0. The van der Waals surface area contributed by atoms with E-state index in [1.54, 1.807) is 0 Å². The molecule has 1 fully saturated rings. The Morgan fingerprint density at radius 3 is 2.60 bits per heavy atom. The second kappa shape index (κ2) is 6.86. The molecule has 0 bridgehead atoms. The Bertz CT molecular complexity index is 435. The number of amides is 1. The highest BCUT2D eigenvalue weighted by Gasteiger charge is 2.38. The quantitative estimate of drug-likeness (QED) is 0.867. The van der Waals surface area contributed by atoms with E-state index in [1.165, 1.54) is 0 Å². The minimum absolute atomic E-state index is 0.0449. The van der Waals surface area contributed by atoms with E-state index >= 15 is 0 Å². The number of carbonyl (C=O) groups is 1. The van der Waals surface area contributed by atoms with E-state index in [-0.39, 0.29) is 24.2 Å². The fourth-order valence-electron chi connectivity index (χ4n) is 2.69. The summed E-state index contributed by atoms with van der Waals surface area (Å²) in [5, 5.41) is 3.43. The molecule has 1 amide bonds. The molecule has 4 nitrogen and oxygen atoms in total. The van der Waals surface area contributed by atoms with Gasteiger partial charge in [-0.25, -0.2) is 0 Å². The van der Waals surface area contributed by atoms with Crippen molar-refractivity contribution >= 4 is 5.91 Å². The Labute approximate surface area is 121 Å². The third-order valence-corrected chi connectivity index (χ3v) is 3.68. The summed E-state index contributed by atoms with van der Waals surface area (Å²) in [7, 11) is 0. The molecule has 20 heavy (non-hydrogen) atoms. The molecule has 3 atom stereocenters. The fraction of sp³-hybridized carbons (Fsp3) is 0.562. The van der Waals surface area contributed by atoms with Crippen LogP contribution in [0.2, 0.25) is 0 Å². The smallest absolute Gasteiger partial charge is 0.241 e. The van der Waals surface area contributed by atoms with E-state index in [1.807, 2.05) is 43.9 Å². The van der Waals surface area contributed by atoms with Crippen LogP contribution in [0.3, 0.4) is 0 Å². The number of ether oxygens (including phenoxy) is 1. The minimum atomic E-state index is -0.0889. The predicted molar refractivity (Wildman–Crippen MR) is 79.2 cm³/mol. The molecule has 0 spiro atoms. The van der Waals surface area contributed by atoms with Gasteiger partial charge in [-0.05, 0) is 25.8 Å².